The largest absolute Gasteiger partial charge is 0.341 e. The summed E-state index contributed by atoms with van der Waals surface area (Å²) in [6.45, 7) is 0. The van der Waals surface area contributed by atoms with Gasteiger partial charge in [-0.15, -0.1) is 0 Å². The first-order chi connectivity index (χ1) is 10.8. The summed E-state index contributed by atoms with van der Waals surface area (Å²) in [6, 6.07) is 7.96. The number of nitrogens with one attached hydrogen (secondary N) is 3. The molecule has 0 aliphatic heterocycles. The van der Waals surface area contributed by atoms with Crippen molar-refractivity contribution >= 4 is 27.4 Å². The quantitative estimate of drug-likeness (QED) is 0.798. The van der Waals surface area contributed by atoms with Gasteiger partial charge in [-0.3, -0.25) is 4.72 Å². The Morgan fingerprint density at radius 1 is 1.00 bits per heavy atom. The molecule has 0 aliphatic rings. The number of carbonyl (C=O) groups is 1. The van der Waals surface area contributed by atoms with Gasteiger partial charge in [0.05, 0.1) is 5.69 Å². The third-order valence-electron chi connectivity index (χ3n) is 2.79. The Balaban J connectivity index is 2.31. The highest BCUT2D eigenvalue weighted by atomic mass is 32.2. The van der Waals surface area contributed by atoms with E-state index >= 15 is 0 Å². The fraction of sp³-hybridized carbons (Fsp3) is 0.0714. The number of anilines is 2. The number of sulfonamides is 1. The van der Waals surface area contributed by atoms with Crippen LogP contribution in [0.15, 0.2) is 47.4 Å². The van der Waals surface area contributed by atoms with Crippen molar-refractivity contribution in [3.05, 3.63) is 54.1 Å². The smallest absolute Gasteiger partial charge is 0.318 e. The monoisotopic (exact) mass is 341 g/mol. The summed E-state index contributed by atoms with van der Waals surface area (Å²) in [5.41, 5.74) is 0.347. The van der Waals surface area contributed by atoms with E-state index in [2.05, 4.69) is 15.4 Å². The lowest BCUT2D eigenvalue weighted by Crippen LogP contribution is -2.24. The van der Waals surface area contributed by atoms with Crippen LogP contribution in [0.4, 0.5) is 25.0 Å². The second-order valence-electron chi connectivity index (χ2n) is 4.44. The van der Waals surface area contributed by atoms with Gasteiger partial charge in [0, 0.05) is 12.7 Å². The van der Waals surface area contributed by atoms with Crippen molar-refractivity contribution in [3.63, 3.8) is 0 Å². The van der Waals surface area contributed by atoms with Crippen molar-refractivity contribution in [1.29, 1.82) is 0 Å². The number of halogens is 2. The van der Waals surface area contributed by atoms with Crippen LogP contribution in [-0.4, -0.2) is 21.5 Å². The second-order valence-corrected chi connectivity index (χ2v) is 6.06. The number of carbonyl (C=O) groups excluding carboxylic acids is 1. The summed E-state index contributed by atoms with van der Waals surface area (Å²) in [4.78, 5) is 10.2. The van der Waals surface area contributed by atoms with Gasteiger partial charge in [-0.25, -0.2) is 22.0 Å². The molecule has 0 heterocycles. The molecule has 0 aromatic heterocycles. The van der Waals surface area contributed by atoms with Crippen LogP contribution in [-0.2, 0) is 10.0 Å². The standard InChI is InChI=1S/C14H13F2N3O3S/c1-17-14(20)18-9-4-2-5-10(8-9)19-23(21,22)13-11(15)6-3-7-12(13)16/h2-8,19H,1H3,(H2,17,18,20). The van der Waals surface area contributed by atoms with Gasteiger partial charge < -0.3 is 10.6 Å². The van der Waals surface area contributed by atoms with Crippen LogP contribution in [0.3, 0.4) is 0 Å². The maximum atomic E-state index is 13.6. The minimum absolute atomic E-state index is 0.0431. The molecule has 0 spiro atoms. The maximum absolute atomic E-state index is 13.6. The Morgan fingerprint density at radius 2 is 1.57 bits per heavy atom. The SMILES string of the molecule is CNC(=O)Nc1cccc(NS(=O)(=O)c2c(F)cccc2F)c1. The van der Waals surface area contributed by atoms with Gasteiger partial charge in [0.2, 0.25) is 0 Å². The lowest BCUT2D eigenvalue weighted by molar-refractivity contribution is 0.254. The average Bonchev–Trinajstić information content (AvgIpc) is 2.46. The molecule has 2 rings (SSSR count). The molecule has 0 unspecified atom stereocenters. The molecule has 0 fully saturated rings. The van der Waals surface area contributed by atoms with Crippen LogP contribution in [0.2, 0.25) is 0 Å². The molecular formula is C14H13F2N3O3S. The van der Waals surface area contributed by atoms with E-state index < -0.39 is 32.6 Å². The third-order valence-corrected chi connectivity index (χ3v) is 4.22. The van der Waals surface area contributed by atoms with Gasteiger partial charge in [-0.1, -0.05) is 12.1 Å². The molecule has 0 saturated heterocycles. The summed E-state index contributed by atoms with van der Waals surface area (Å²) < 4.78 is 53.6. The van der Waals surface area contributed by atoms with Gasteiger partial charge in [-0.05, 0) is 30.3 Å². The van der Waals surface area contributed by atoms with E-state index in [1.54, 1.807) is 0 Å². The van der Waals surface area contributed by atoms with Gasteiger partial charge in [-0.2, -0.15) is 0 Å². The molecular weight excluding hydrogens is 328 g/mol. The number of rotatable bonds is 4. The minimum atomic E-state index is -4.45. The highest BCUT2D eigenvalue weighted by Gasteiger charge is 2.23. The fourth-order valence-electron chi connectivity index (χ4n) is 1.80. The molecule has 6 nitrogen and oxygen atoms in total. The number of benzene rings is 2. The van der Waals surface area contributed by atoms with E-state index in [0.29, 0.717) is 5.69 Å². The average molecular weight is 341 g/mol. The van der Waals surface area contributed by atoms with Crippen LogP contribution in [0.25, 0.3) is 0 Å². The molecule has 3 N–H and O–H groups in total. The van der Waals surface area contributed by atoms with E-state index in [9.17, 15) is 22.0 Å². The van der Waals surface area contributed by atoms with Crippen LogP contribution in [0, 0.1) is 11.6 Å². The molecule has 0 saturated carbocycles. The van der Waals surface area contributed by atoms with E-state index in [-0.39, 0.29) is 5.69 Å². The number of hydrogen-bond acceptors (Lipinski definition) is 3. The molecule has 122 valence electrons. The molecule has 2 aromatic carbocycles. The molecule has 0 atom stereocenters. The molecule has 23 heavy (non-hydrogen) atoms. The maximum Gasteiger partial charge on any atom is 0.318 e. The van der Waals surface area contributed by atoms with E-state index in [4.69, 9.17) is 0 Å². The van der Waals surface area contributed by atoms with E-state index in [1.807, 2.05) is 0 Å². The summed E-state index contributed by atoms with van der Waals surface area (Å²) in [6.07, 6.45) is 0. The predicted octanol–water partition coefficient (Wildman–Crippen LogP) is 2.52. The predicted molar refractivity (Wildman–Crippen MR) is 81.7 cm³/mol. The Kier molecular flexibility index (Phi) is 4.80. The molecule has 0 bridgehead atoms. The van der Waals surface area contributed by atoms with Gasteiger partial charge in [0.1, 0.15) is 11.6 Å². The Morgan fingerprint density at radius 3 is 2.17 bits per heavy atom. The Labute approximate surface area is 131 Å². The van der Waals surface area contributed by atoms with Crippen molar-refractivity contribution < 1.29 is 22.0 Å². The highest BCUT2D eigenvalue weighted by Crippen LogP contribution is 2.23. The molecule has 2 amide bonds. The van der Waals surface area contributed by atoms with Crippen LogP contribution in [0.5, 0.6) is 0 Å². The lowest BCUT2D eigenvalue weighted by atomic mass is 10.3. The summed E-state index contributed by atoms with van der Waals surface area (Å²) >= 11 is 0. The number of hydrogen-bond donors (Lipinski definition) is 3. The van der Waals surface area contributed by atoms with Crippen molar-refractivity contribution in [3.8, 4) is 0 Å². The van der Waals surface area contributed by atoms with Crippen molar-refractivity contribution in [2.45, 2.75) is 4.90 Å². The summed E-state index contributed by atoms with van der Waals surface area (Å²) in [5, 5.41) is 4.78. The van der Waals surface area contributed by atoms with Crippen LogP contribution >= 0.6 is 0 Å². The van der Waals surface area contributed by atoms with Crippen molar-refractivity contribution in [2.24, 2.45) is 0 Å². The van der Waals surface area contributed by atoms with Crippen molar-refractivity contribution in [1.82, 2.24) is 5.32 Å². The second kappa shape index (κ2) is 6.61. The first-order valence-corrected chi connectivity index (χ1v) is 7.87. The molecule has 0 radical (unpaired) electrons. The Bertz CT molecular complexity index is 821. The first-order valence-electron chi connectivity index (χ1n) is 6.39. The zero-order valence-corrected chi connectivity index (χ0v) is 12.7. The fourth-order valence-corrected chi connectivity index (χ4v) is 2.99. The lowest BCUT2D eigenvalue weighted by Gasteiger charge is -2.11. The minimum Gasteiger partial charge on any atom is -0.341 e. The van der Waals surface area contributed by atoms with Crippen LogP contribution < -0.4 is 15.4 Å². The van der Waals surface area contributed by atoms with Gasteiger partial charge >= 0.3 is 6.03 Å². The van der Waals surface area contributed by atoms with Crippen molar-refractivity contribution in [2.75, 3.05) is 17.1 Å². The normalized spacial score (nSPS) is 10.9. The van der Waals surface area contributed by atoms with Crippen LogP contribution in [0.1, 0.15) is 0 Å². The number of urea groups is 1. The molecule has 2 aromatic rings. The molecule has 9 heteroatoms. The number of amides is 2. The third kappa shape index (κ3) is 3.95. The first kappa shape index (κ1) is 16.7. The van der Waals surface area contributed by atoms with E-state index in [1.165, 1.54) is 31.3 Å². The topological polar surface area (TPSA) is 87.3 Å². The van der Waals surface area contributed by atoms with Gasteiger partial charge in [0.15, 0.2) is 4.90 Å². The zero-order chi connectivity index (χ0) is 17.0. The highest BCUT2D eigenvalue weighted by molar-refractivity contribution is 7.92. The molecule has 0 aliphatic carbocycles. The Hall–Kier alpha value is -2.68. The summed E-state index contributed by atoms with van der Waals surface area (Å²) in [5.74, 6) is -2.39. The summed E-state index contributed by atoms with van der Waals surface area (Å²) in [7, 11) is -3.03. The van der Waals surface area contributed by atoms with E-state index in [0.717, 1.165) is 18.2 Å². The van der Waals surface area contributed by atoms with Gasteiger partial charge in [0.25, 0.3) is 10.0 Å². The zero-order valence-electron chi connectivity index (χ0n) is 11.9.